The van der Waals surface area contributed by atoms with Crippen LogP contribution in [-0.2, 0) is 5.41 Å². The number of aryl methyl sites for hydroxylation is 2. The number of halogens is 1. The first-order chi connectivity index (χ1) is 14.6. The molecule has 0 nitrogen and oxygen atoms in total. The Bertz CT molecular complexity index is 1280. The average Bonchev–Trinajstić information content (AvgIpc) is 3.06. The smallest absolute Gasteiger partial charge is 0.0716 e. The van der Waals surface area contributed by atoms with Gasteiger partial charge in [0.05, 0.1) is 5.41 Å². The molecule has 146 valence electrons. The molecule has 0 amide bonds. The summed E-state index contributed by atoms with van der Waals surface area (Å²) >= 11 is 3.75. The molecule has 1 heteroatoms. The molecule has 1 aliphatic carbocycles. The van der Waals surface area contributed by atoms with Crippen molar-refractivity contribution in [1.29, 1.82) is 0 Å². The van der Waals surface area contributed by atoms with Crippen molar-refractivity contribution in [1.82, 2.24) is 0 Å². The van der Waals surface area contributed by atoms with E-state index in [1.54, 1.807) is 0 Å². The van der Waals surface area contributed by atoms with Crippen LogP contribution in [0.4, 0.5) is 0 Å². The molecule has 0 aliphatic heterocycles. The van der Waals surface area contributed by atoms with Gasteiger partial charge in [-0.1, -0.05) is 107 Å². The maximum Gasteiger partial charge on any atom is 0.0716 e. The van der Waals surface area contributed by atoms with Crippen LogP contribution in [-0.4, -0.2) is 0 Å². The zero-order valence-electron chi connectivity index (χ0n) is 17.2. The molecule has 0 bridgehead atoms. The molecule has 4 aromatic rings. The molecule has 5 rings (SSSR count). The molecule has 0 aromatic heterocycles. The minimum atomic E-state index is -0.356. The van der Waals surface area contributed by atoms with E-state index in [4.69, 9.17) is 0 Å². The van der Waals surface area contributed by atoms with Crippen LogP contribution in [0.2, 0.25) is 0 Å². The minimum Gasteiger partial charge on any atom is -0.0985 e. The topological polar surface area (TPSA) is 0 Å². The predicted octanol–water partition coefficient (Wildman–Crippen LogP) is 8.07. The Kier molecular flexibility index (Phi) is 4.52. The summed E-state index contributed by atoms with van der Waals surface area (Å²) in [5.41, 5.74) is 11.3. The lowest BCUT2D eigenvalue weighted by Gasteiger charge is -2.35. The fraction of sp³-hybridized carbons (Fsp3) is 0.103. The monoisotopic (exact) mass is 450 g/mol. The number of hydrogen-bond donors (Lipinski definition) is 0. The van der Waals surface area contributed by atoms with Crippen LogP contribution in [0.25, 0.3) is 17.2 Å². The molecule has 0 saturated carbocycles. The molecule has 0 heterocycles. The van der Waals surface area contributed by atoms with Gasteiger partial charge in [-0.05, 0) is 70.5 Å². The van der Waals surface area contributed by atoms with Gasteiger partial charge in [-0.2, -0.15) is 0 Å². The maximum atomic E-state index is 3.94. The van der Waals surface area contributed by atoms with Gasteiger partial charge in [-0.15, -0.1) is 0 Å². The van der Waals surface area contributed by atoms with Crippen LogP contribution in [0.1, 0.15) is 38.9 Å². The molecule has 0 radical (unpaired) electrons. The van der Waals surface area contributed by atoms with Gasteiger partial charge in [0.2, 0.25) is 0 Å². The van der Waals surface area contributed by atoms with Crippen LogP contribution < -0.4 is 0 Å². The van der Waals surface area contributed by atoms with Crippen LogP contribution in [0.15, 0.2) is 96.0 Å². The number of fused-ring (bicyclic) bond motifs is 3. The molecule has 1 atom stereocenters. The maximum absolute atomic E-state index is 3.94. The van der Waals surface area contributed by atoms with Crippen molar-refractivity contribution < 1.29 is 0 Å². The summed E-state index contributed by atoms with van der Waals surface area (Å²) in [5.74, 6) is 0. The van der Waals surface area contributed by atoms with Gasteiger partial charge in [-0.25, -0.2) is 0 Å². The Balaban J connectivity index is 1.98. The highest BCUT2D eigenvalue weighted by atomic mass is 79.9. The van der Waals surface area contributed by atoms with Gasteiger partial charge >= 0.3 is 0 Å². The van der Waals surface area contributed by atoms with E-state index in [0.29, 0.717) is 0 Å². The second kappa shape index (κ2) is 7.11. The van der Waals surface area contributed by atoms with E-state index < -0.39 is 0 Å². The second-order valence-corrected chi connectivity index (χ2v) is 9.05. The quantitative estimate of drug-likeness (QED) is 0.260. The van der Waals surface area contributed by atoms with Crippen molar-refractivity contribution >= 4 is 22.0 Å². The van der Waals surface area contributed by atoms with Crippen LogP contribution >= 0.6 is 15.9 Å². The van der Waals surface area contributed by atoms with Crippen molar-refractivity contribution in [3.63, 3.8) is 0 Å². The lowest BCUT2D eigenvalue weighted by atomic mass is 9.66. The second-order valence-electron chi connectivity index (χ2n) is 8.13. The first-order valence-corrected chi connectivity index (χ1v) is 11.1. The van der Waals surface area contributed by atoms with E-state index in [9.17, 15) is 0 Å². The molecule has 1 unspecified atom stereocenters. The minimum absolute atomic E-state index is 0.356. The van der Waals surface area contributed by atoms with Crippen LogP contribution in [0, 0.1) is 13.8 Å². The third-order valence-corrected chi connectivity index (χ3v) is 6.88. The summed E-state index contributed by atoms with van der Waals surface area (Å²) in [5, 5.41) is 0. The van der Waals surface area contributed by atoms with Gasteiger partial charge in [0.25, 0.3) is 0 Å². The van der Waals surface area contributed by atoms with Crippen molar-refractivity contribution in [2.24, 2.45) is 0 Å². The first-order valence-electron chi connectivity index (χ1n) is 10.3. The Hall–Kier alpha value is -2.90. The molecule has 1 aliphatic rings. The Morgan fingerprint density at radius 1 is 0.733 bits per heavy atom. The molecule has 30 heavy (non-hydrogen) atoms. The average molecular weight is 451 g/mol. The van der Waals surface area contributed by atoms with E-state index in [1.807, 2.05) is 6.08 Å². The van der Waals surface area contributed by atoms with Crippen molar-refractivity contribution in [2.45, 2.75) is 19.3 Å². The van der Waals surface area contributed by atoms with E-state index in [2.05, 4.69) is 121 Å². The highest BCUT2D eigenvalue weighted by Crippen LogP contribution is 2.57. The summed E-state index contributed by atoms with van der Waals surface area (Å²) in [6, 6.07) is 31.3. The standard InChI is InChI=1S/C29H23Br/c1-4-21-11-13-22(14-12-21)29(27-17-19(2)9-10-20(27)3)26-8-6-5-7-24(26)25-16-15-23(30)18-28(25)29/h4-18H,1H2,2-3H3. The Labute approximate surface area is 187 Å². The summed E-state index contributed by atoms with van der Waals surface area (Å²) in [6.07, 6.45) is 1.90. The van der Waals surface area contributed by atoms with Gasteiger partial charge in [0.1, 0.15) is 0 Å². The summed E-state index contributed by atoms with van der Waals surface area (Å²) in [4.78, 5) is 0. The Morgan fingerprint density at radius 2 is 1.47 bits per heavy atom. The van der Waals surface area contributed by atoms with Gasteiger partial charge < -0.3 is 0 Å². The van der Waals surface area contributed by atoms with Crippen molar-refractivity contribution in [3.05, 3.63) is 135 Å². The van der Waals surface area contributed by atoms with Gasteiger partial charge in [0.15, 0.2) is 0 Å². The number of benzene rings is 4. The Morgan fingerprint density at radius 3 is 2.23 bits per heavy atom. The fourth-order valence-corrected chi connectivity index (χ4v) is 5.38. The number of hydrogen-bond acceptors (Lipinski definition) is 0. The number of rotatable bonds is 3. The SMILES string of the molecule is C=Cc1ccc(C2(c3cc(C)ccc3C)c3ccccc3-c3ccc(Br)cc32)cc1. The van der Waals surface area contributed by atoms with Crippen LogP contribution in [0.5, 0.6) is 0 Å². The molecular formula is C29H23Br. The molecule has 0 saturated heterocycles. The van der Waals surface area contributed by atoms with Crippen molar-refractivity contribution in [2.75, 3.05) is 0 Å². The zero-order chi connectivity index (χ0) is 20.9. The highest BCUT2D eigenvalue weighted by Gasteiger charge is 2.46. The molecular weight excluding hydrogens is 428 g/mol. The first kappa shape index (κ1) is 19.1. The van der Waals surface area contributed by atoms with Gasteiger partial charge in [0, 0.05) is 4.47 Å². The zero-order valence-corrected chi connectivity index (χ0v) is 18.8. The third kappa shape index (κ3) is 2.66. The third-order valence-electron chi connectivity index (χ3n) is 6.38. The van der Waals surface area contributed by atoms with Crippen LogP contribution in [0.3, 0.4) is 0 Å². The largest absolute Gasteiger partial charge is 0.0985 e. The summed E-state index contributed by atoms with van der Waals surface area (Å²) in [6.45, 7) is 8.35. The lowest BCUT2D eigenvalue weighted by molar-refractivity contribution is 0.759. The van der Waals surface area contributed by atoms with E-state index in [-0.39, 0.29) is 5.41 Å². The lowest BCUT2D eigenvalue weighted by Crippen LogP contribution is -2.29. The normalized spacial score (nSPS) is 16.8. The molecule has 0 spiro atoms. The summed E-state index contributed by atoms with van der Waals surface area (Å²) in [7, 11) is 0. The highest BCUT2D eigenvalue weighted by molar-refractivity contribution is 9.10. The van der Waals surface area contributed by atoms with E-state index >= 15 is 0 Å². The molecule has 0 fully saturated rings. The van der Waals surface area contributed by atoms with E-state index in [1.165, 1.54) is 44.5 Å². The van der Waals surface area contributed by atoms with Crippen molar-refractivity contribution in [3.8, 4) is 11.1 Å². The molecule has 0 N–H and O–H groups in total. The predicted molar refractivity (Wildman–Crippen MR) is 131 cm³/mol. The summed E-state index contributed by atoms with van der Waals surface area (Å²) < 4.78 is 1.10. The van der Waals surface area contributed by atoms with Gasteiger partial charge in [-0.3, -0.25) is 0 Å². The molecule has 4 aromatic carbocycles. The van der Waals surface area contributed by atoms with E-state index in [0.717, 1.165) is 10.0 Å². The fourth-order valence-electron chi connectivity index (χ4n) is 5.02.